The van der Waals surface area contributed by atoms with Gasteiger partial charge in [0.15, 0.2) is 15.7 Å². The second kappa shape index (κ2) is 15.3. The van der Waals surface area contributed by atoms with E-state index in [-0.39, 0.29) is 57.5 Å². The summed E-state index contributed by atoms with van der Waals surface area (Å²) in [5.41, 5.74) is -0.668. The predicted molar refractivity (Wildman–Crippen MR) is 224 cm³/mol. The quantitative estimate of drug-likeness (QED) is 0.0699. The van der Waals surface area contributed by atoms with Crippen LogP contribution >= 0.6 is 11.6 Å². The molecule has 328 valence electrons. The number of nitrogens with zero attached hydrogens (tertiary/aromatic N) is 5. The molecule has 4 atom stereocenters. The fourth-order valence-electron chi connectivity index (χ4n) is 8.17. The van der Waals surface area contributed by atoms with Gasteiger partial charge in [0.25, 0.3) is 12.3 Å². The second-order valence-corrected chi connectivity index (χ2v) is 22.0. The molecule has 1 unspecified atom stereocenters. The van der Waals surface area contributed by atoms with Crippen LogP contribution in [0.25, 0.3) is 22.0 Å². The van der Waals surface area contributed by atoms with Gasteiger partial charge in [-0.2, -0.15) is 19.0 Å². The first-order chi connectivity index (χ1) is 29.0. The number of hydrogen-bond donors (Lipinski definition) is 2. The minimum Gasteiger partial charge on any atom is -0.346 e. The number of alkyl halides is 4. The zero-order valence-corrected chi connectivity index (χ0v) is 36.1. The molecular formula is C42H40ClF6N7O4S2. The number of sulfone groups is 1. The Morgan fingerprint density at radius 2 is 1.73 bits per heavy atom. The van der Waals surface area contributed by atoms with E-state index in [9.17, 15) is 35.0 Å². The van der Waals surface area contributed by atoms with Crippen LogP contribution in [0.5, 0.6) is 0 Å². The summed E-state index contributed by atoms with van der Waals surface area (Å²) in [7, 11) is -4.92. The van der Waals surface area contributed by atoms with Gasteiger partial charge in [-0.1, -0.05) is 30.5 Å². The number of halogens is 7. The SMILES string of the molecule is C=S(=O)(CC)Nc1nn(C)c2c(-c3ccc(C#CC(C)(C)S(=O)(=O)C4CC4)nc3[C@H](Cc3cc(F)cc(F)c3)NC(=O)Cn3nc(C(F)F)c4c3C(F)(F)[C@@H]3C[C@H]43)ccc(Cl)c12. The summed E-state index contributed by atoms with van der Waals surface area (Å²) < 4.78 is 132. The predicted octanol–water partition coefficient (Wildman–Crippen LogP) is 7.78. The van der Waals surface area contributed by atoms with E-state index in [0.29, 0.717) is 40.1 Å². The topological polar surface area (TPSA) is 141 Å². The van der Waals surface area contributed by atoms with Gasteiger partial charge in [-0.3, -0.25) is 18.9 Å². The first-order valence-electron chi connectivity index (χ1n) is 19.6. The molecule has 0 radical (unpaired) electrons. The number of amides is 1. The van der Waals surface area contributed by atoms with Crippen molar-refractivity contribution >= 4 is 59.6 Å². The van der Waals surface area contributed by atoms with Gasteiger partial charge in [-0.25, -0.2) is 35.2 Å². The van der Waals surface area contributed by atoms with Crippen molar-refractivity contribution in [3.8, 4) is 23.0 Å². The Morgan fingerprint density at radius 1 is 1.05 bits per heavy atom. The third kappa shape index (κ3) is 7.82. The molecule has 2 fully saturated rings. The molecule has 0 spiro atoms. The molecule has 1 amide bonds. The summed E-state index contributed by atoms with van der Waals surface area (Å²) in [5, 5.41) is 11.1. The van der Waals surface area contributed by atoms with E-state index in [2.05, 4.69) is 37.9 Å². The molecule has 3 aliphatic rings. The molecule has 0 aliphatic heterocycles. The van der Waals surface area contributed by atoms with Crippen LogP contribution in [0.15, 0.2) is 42.5 Å². The Balaban J connectivity index is 1.29. The number of rotatable bonds is 13. The van der Waals surface area contributed by atoms with Crippen molar-refractivity contribution in [3.63, 3.8) is 0 Å². The largest absolute Gasteiger partial charge is 0.346 e. The normalized spacial score (nSPS) is 19.4. The molecule has 5 aromatic rings. The van der Waals surface area contributed by atoms with Crippen molar-refractivity contribution in [2.45, 2.75) is 87.3 Å². The standard InChI is InChI=1S/C42H40ClF6N7O4S2/c1-6-61(5,58)54-40-34-30(43)12-11-27(37(34)55(4)53-40)26-10-7-24(13-14-41(2,3)62(59,60)25-8-9-25)50-35(26)31(17-21-15-22(44)18-23(45)16-21)51-32(57)20-56-38-33(36(52-56)39(46)47)28-19-29(28)42(38,48)49/h7,10-12,15-16,18,25,28-29,31,39H,5-6,8-9,17,19-20H2,1-4H3,(H,51,57)(H,53,54,58)/t28-,29+,31-,61?/m0/s1. The van der Waals surface area contributed by atoms with Crippen LogP contribution in [0.2, 0.25) is 5.02 Å². The van der Waals surface area contributed by atoms with Crippen molar-refractivity contribution in [2.75, 3.05) is 10.5 Å². The van der Waals surface area contributed by atoms with Gasteiger partial charge in [0.2, 0.25) is 5.91 Å². The number of hydrogen-bond acceptors (Lipinski definition) is 7. The third-order valence-corrected chi connectivity index (χ3v) is 16.2. The highest BCUT2D eigenvalue weighted by atomic mass is 35.5. The van der Waals surface area contributed by atoms with Crippen molar-refractivity contribution in [1.29, 1.82) is 0 Å². The number of benzene rings is 2. The van der Waals surface area contributed by atoms with Crippen LogP contribution in [0, 0.1) is 29.4 Å². The molecule has 0 bridgehead atoms. The van der Waals surface area contributed by atoms with Crippen LogP contribution in [0.1, 0.15) is 92.3 Å². The number of aromatic nitrogens is 5. The number of anilines is 1. The monoisotopic (exact) mass is 919 g/mol. The zero-order valence-electron chi connectivity index (χ0n) is 33.7. The van der Waals surface area contributed by atoms with Gasteiger partial charge in [0.05, 0.1) is 32.9 Å². The lowest BCUT2D eigenvalue weighted by atomic mass is 9.93. The van der Waals surface area contributed by atoms with Crippen LogP contribution in [-0.2, 0) is 50.3 Å². The summed E-state index contributed by atoms with van der Waals surface area (Å²) in [4.78, 5) is 18.9. The minimum atomic E-state index is -3.66. The van der Waals surface area contributed by atoms with Crippen molar-refractivity contribution < 1.29 is 43.8 Å². The number of aryl methyl sites for hydroxylation is 1. The Labute approximate surface area is 358 Å². The number of carbonyl (C=O) groups excluding carboxylic acids is 1. The number of pyridine rings is 1. The smallest absolute Gasteiger partial charge is 0.293 e. The number of fused-ring (bicyclic) bond motifs is 4. The van der Waals surface area contributed by atoms with E-state index in [4.69, 9.17) is 16.6 Å². The summed E-state index contributed by atoms with van der Waals surface area (Å²) in [6.45, 7) is 3.70. The lowest BCUT2D eigenvalue weighted by Gasteiger charge is -2.23. The van der Waals surface area contributed by atoms with Gasteiger partial charge in [-0.05, 0) is 93.1 Å². The fraction of sp³-hybridized carbons (Fsp3) is 0.405. The van der Waals surface area contributed by atoms with E-state index in [1.165, 1.54) is 24.6 Å². The maximum Gasteiger partial charge on any atom is 0.293 e. The van der Waals surface area contributed by atoms with Gasteiger partial charge in [0.1, 0.15) is 40.0 Å². The Hall–Kier alpha value is -5.06. The van der Waals surface area contributed by atoms with E-state index >= 15 is 8.78 Å². The van der Waals surface area contributed by atoms with Gasteiger partial charge in [-0.15, -0.1) is 0 Å². The van der Waals surface area contributed by atoms with E-state index in [0.717, 1.165) is 12.1 Å². The first-order valence-corrected chi connectivity index (χ1v) is 23.4. The highest BCUT2D eigenvalue weighted by Crippen LogP contribution is 2.68. The molecular weight excluding hydrogens is 880 g/mol. The van der Waals surface area contributed by atoms with Crippen molar-refractivity contribution in [2.24, 2.45) is 13.0 Å². The van der Waals surface area contributed by atoms with Gasteiger partial charge >= 0.3 is 0 Å². The summed E-state index contributed by atoms with van der Waals surface area (Å²) in [6, 6.07) is 7.64. The van der Waals surface area contributed by atoms with Gasteiger partial charge in [0, 0.05) is 51.2 Å². The van der Waals surface area contributed by atoms with Gasteiger partial charge < -0.3 is 5.32 Å². The maximum atomic E-state index is 15.5. The van der Waals surface area contributed by atoms with E-state index < -0.39 is 95.2 Å². The lowest BCUT2D eigenvalue weighted by Crippen LogP contribution is -2.35. The molecule has 3 aliphatic carbocycles. The van der Waals surface area contributed by atoms with Crippen molar-refractivity contribution in [1.82, 2.24) is 29.9 Å². The molecule has 62 heavy (non-hydrogen) atoms. The summed E-state index contributed by atoms with van der Waals surface area (Å²) in [6.07, 6.45) is -2.49. The van der Waals surface area contributed by atoms with Crippen LogP contribution in [0.3, 0.4) is 0 Å². The first kappa shape index (κ1) is 43.6. The third-order valence-electron chi connectivity index (χ3n) is 11.6. The summed E-state index contributed by atoms with van der Waals surface area (Å²) in [5.74, 6) is 1.37. The molecule has 2 aromatic carbocycles. The van der Waals surface area contributed by atoms with Crippen LogP contribution < -0.4 is 10.0 Å². The molecule has 2 saturated carbocycles. The molecule has 3 aromatic heterocycles. The average molecular weight is 920 g/mol. The Kier molecular flexibility index (Phi) is 10.8. The van der Waals surface area contributed by atoms with E-state index in [1.807, 2.05) is 0 Å². The highest BCUT2D eigenvalue weighted by molar-refractivity contribution is 8.01. The number of nitrogens with one attached hydrogen (secondary N) is 2. The van der Waals surface area contributed by atoms with Crippen molar-refractivity contribution in [3.05, 3.63) is 93.0 Å². The van der Waals surface area contributed by atoms with Crippen LogP contribution in [-0.4, -0.2) is 64.7 Å². The lowest BCUT2D eigenvalue weighted by molar-refractivity contribution is -0.123. The fourth-order valence-corrected chi connectivity index (χ4v) is 10.8. The molecule has 8 rings (SSSR count). The zero-order chi connectivity index (χ0) is 44.8. The highest BCUT2D eigenvalue weighted by Gasteiger charge is 2.67. The van der Waals surface area contributed by atoms with E-state index in [1.54, 1.807) is 32.2 Å². The molecule has 11 nitrogen and oxygen atoms in total. The molecule has 2 N–H and O–H groups in total. The molecule has 0 saturated heterocycles. The Morgan fingerprint density at radius 3 is 2.37 bits per heavy atom. The average Bonchev–Trinajstić information content (AvgIpc) is 4.11. The number of carbonyl (C=O) groups is 1. The second-order valence-electron chi connectivity index (χ2n) is 16.4. The minimum absolute atomic E-state index is 0.0142. The molecule has 3 heterocycles. The van der Waals surface area contributed by atoms with Crippen LogP contribution in [0.4, 0.5) is 32.2 Å². The molecule has 20 heteroatoms. The Bertz CT molecular complexity index is 2950. The summed E-state index contributed by atoms with van der Waals surface area (Å²) >= 11 is 6.73. The maximum absolute atomic E-state index is 15.5.